The number of amides is 5. The number of rotatable bonds is 10. The summed E-state index contributed by atoms with van der Waals surface area (Å²) in [4.78, 5) is 47.8. The minimum absolute atomic E-state index is 0.0538. The van der Waals surface area contributed by atoms with Crippen molar-refractivity contribution in [3.8, 4) is 11.5 Å². The molecular weight excluding hydrogens is 553 g/mol. The summed E-state index contributed by atoms with van der Waals surface area (Å²) in [7, 11) is 5.96. The van der Waals surface area contributed by atoms with Crippen molar-refractivity contribution in [2.45, 2.75) is 25.3 Å². The monoisotopic (exact) mass is 591 g/mol. The number of carbonyl (C=O) groups excluding carboxylic acids is 3. The van der Waals surface area contributed by atoms with Crippen molar-refractivity contribution in [1.82, 2.24) is 25.0 Å². The Kier molecular flexibility index (Phi) is 11.0. The zero-order valence-electron chi connectivity index (χ0n) is 24.7. The number of nitrogens with one attached hydrogen (secondary N) is 3. The number of pyridine rings is 1. The van der Waals surface area contributed by atoms with Crippen LogP contribution in [0.4, 0.5) is 25.5 Å². The number of likely N-dealkylation sites (tertiary alicyclic amines) is 1. The van der Waals surface area contributed by atoms with Crippen LogP contribution in [0.2, 0.25) is 0 Å². The van der Waals surface area contributed by atoms with E-state index in [9.17, 15) is 18.8 Å². The number of piperidine rings is 1. The number of anilines is 2. The van der Waals surface area contributed by atoms with E-state index in [0.717, 1.165) is 39.0 Å². The van der Waals surface area contributed by atoms with Crippen molar-refractivity contribution in [3.63, 3.8) is 0 Å². The van der Waals surface area contributed by atoms with Crippen molar-refractivity contribution in [1.29, 1.82) is 0 Å². The van der Waals surface area contributed by atoms with Gasteiger partial charge in [-0.05, 0) is 75.0 Å². The summed E-state index contributed by atoms with van der Waals surface area (Å²) < 4.78 is 18.9. The molecule has 0 unspecified atom stereocenters. The van der Waals surface area contributed by atoms with Gasteiger partial charge in [0.15, 0.2) is 0 Å². The lowest BCUT2D eigenvalue weighted by Crippen LogP contribution is -2.48. The molecule has 12 heteroatoms. The number of urea groups is 2. The predicted molar refractivity (Wildman–Crippen MR) is 163 cm³/mol. The number of hydrogen-bond acceptors (Lipinski definition) is 7. The molecular formula is C31H38FN7O4. The number of imide groups is 1. The molecule has 5 amide bonds. The molecule has 1 fully saturated rings. The lowest BCUT2D eigenvalue weighted by atomic mass is 10.0. The highest BCUT2D eigenvalue weighted by Crippen LogP contribution is 2.25. The molecule has 1 aromatic heterocycles. The highest BCUT2D eigenvalue weighted by molar-refractivity contribution is 6.01. The third kappa shape index (κ3) is 10.0. The van der Waals surface area contributed by atoms with Gasteiger partial charge < -0.3 is 24.8 Å². The van der Waals surface area contributed by atoms with E-state index in [1.165, 1.54) is 24.3 Å². The molecule has 0 aliphatic carbocycles. The standard InChI is InChI=1S/C31H38FN7O4/c1-37(2)18-19-39-16-13-25(14-17-39)38(3)31(42)35-28-21-27(12-15-33-28)43-26-10-8-24(9-11-26)34-30(41)36-29(40)20-22-4-6-23(32)7-5-22/h4-12,15,21,25H,13-14,16-20H2,1-3H3,(H,33,35,42)(H2,34,36,40,41). The maximum absolute atomic E-state index is 13.0. The van der Waals surface area contributed by atoms with Gasteiger partial charge >= 0.3 is 12.1 Å². The number of aromatic nitrogens is 1. The van der Waals surface area contributed by atoms with E-state index in [-0.39, 0.29) is 18.5 Å². The normalized spacial score (nSPS) is 13.8. The van der Waals surface area contributed by atoms with Crippen LogP contribution in [0.15, 0.2) is 66.9 Å². The summed E-state index contributed by atoms with van der Waals surface area (Å²) >= 11 is 0. The summed E-state index contributed by atoms with van der Waals surface area (Å²) in [6.45, 7) is 3.98. The Labute approximate surface area is 251 Å². The Morgan fingerprint density at radius 1 is 0.953 bits per heavy atom. The Morgan fingerprint density at radius 2 is 1.65 bits per heavy atom. The molecule has 1 aliphatic rings. The van der Waals surface area contributed by atoms with Crippen LogP contribution in [0.25, 0.3) is 0 Å². The Morgan fingerprint density at radius 3 is 2.33 bits per heavy atom. The summed E-state index contributed by atoms with van der Waals surface area (Å²) in [5, 5.41) is 7.69. The highest BCUT2D eigenvalue weighted by Gasteiger charge is 2.25. The number of benzene rings is 2. The molecule has 0 saturated carbocycles. The molecule has 11 nitrogen and oxygen atoms in total. The summed E-state index contributed by atoms with van der Waals surface area (Å²) in [5.41, 5.74) is 1.04. The van der Waals surface area contributed by atoms with Crippen molar-refractivity contribution in [2.24, 2.45) is 0 Å². The van der Waals surface area contributed by atoms with Crippen LogP contribution in [0.5, 0.6) is 11.5 Å². The second-order valence-corrected chi connectivity index (χ2v) is 10.7. The minimum Gasteiger partial charge on any atom is -0.457 e. The largest absolute Gasteiger partial charge is 0.457 e. The second-order valence-electron chi connectivity index (χ2n) is 10.7. The number of carbonyl (C=O) groups is 3. The molecule has 1 saturated heterocycles. The van der Waals surface area contributed by atoms with Gasteiger partial charge in [-0.25, -0.2) is 19.0 Å². The van der Waals surface area contributed by atoms with Gasteiger partial charge in [-0.2, -0.15) is 0 Å². The first kappa shape index (κ1) is 31.4. The SMILES string of the molecule is CN(C)CCN1CCC(N(C)C(=O)Nc2cc(Oc3ccc(NC(=O)NC(=O)Cc4ccc(F)cc4)cc3)ccn2)CC1. The Bertz CT molecular complexity index is 1380. The predicted octanol–water partition coefficient (Wildman–Crippen LogP) is 4.39. The van der Waals surface area contributed by atoms with E-state index < -0.39 is 17.8 Å². The lowest BCUT2D eigenvalue weighted by molar-refractivity contribution is -0.119. The Balaban J connectivity index is 1.22. The molecule has 43 heavy (non-hydrogen) atoms. The van der Waals surface area contributed by atoms with Gasteiger partial charge in [0.2, 0.25) is 5.91 Å². The van der Waals surface area contributed by atoms with Crippen molar-refractivity contribution < 1.29 is 23.5 Å². The van der Waals surface area contributed by atoms with Crippen molar-refractivity contribution in [2.75, 3.05) is 58.0 Å². The number of hydrogen-bond donors (Lipinski definition) is 3. The molecule has 228 valence electrons. The molecule has 3 aromatic rings. The quantitative estimate of drug-likeness (QED) is 0.320. The fraction of sp³-hybridized carbons (Fsp3) is 0.355. The average Bonchev–Trinajstić information content (AvgIpc) is 2.98. The first-order chi connectivity index (χ1) is 20.6. The molecule has 0 bridgehead atoms. The fourth-order valence-corrected chi connectivity index (χ4v) is 4.64. The second kappa shape index (κ2) is 15.1. The van der Waals surface area contributed by atoms with Crippen LogP contribution in [0, 0.1) is 5.82 Å². The number of likely N-dealkylation sites (N-methyl/N-ethyl adjacent to an activating group) is 1. The van der Waals surface area contributed by atoms with Crippen LogP contribution in [0.1, 0.15) is 18.4 Å². The van der Waals surface area contributed by atoms with Gasteiger partial charge in [0.1, 0.15) is 23.1 Å². The van der Waals surface area contributed by atoms with Gasteiger partial charge in [0.25, 0.3) is 0 Å². The molecule has 3 N–H and O–H groups in total. The molecule has 1 aliphatic heterocycles. The lowest BCUT2D eigenvalue weighted by Gasteiger charge is -2.37. The maximum Gasteiger partial charge on any atom is 0.325 e. The van der Waals surface area contributed by atoms with E-state index in [2.05, 4.69) is 44.8 Å². The molecule has 2 heterocycles. The molecule has 2 aromatic carbocycles. The summed E-state index contributed by atoms with van der Waals surface area (Å²) in [6.07, 6.45) is 3.35. The third-order valence-corrected chi connectivity index (χ3v) is 7.13. The van der Waals surface area contributed by atoms with E-state index in [0.29, 0.717) is 28.6 Å². The summed E-state index contributed by atoms with van der Waals surface area (Å²) in [5.74, 6) is 0.438. The zero-order valence-corrected chi connectivity index (χ0v) is 24.7. The van der Waals surface area contributed by atoms with Crippen LogP contribution in [-0.2, 0) is 11.2 Å². The molecule has 0 atom stereocenters. The number of nitrogens with zero attached hydrogens (tertiary/aromatic N) is 4. The van der Waals surface area contributed by atoms with Crippen molar-refractivity contribution >= 4 is 29.5 Å². The van der Waals surface area contributed by atoms with Gasteiger partial charge in [0.05, 0.1) is 6.42 Å². The van der Waals surface area contributed by atoms with E-state index in [1.807, 2.05) is 7.05 Å². The Hall–Kier alpha value is -4.55. The third-order valence-electron chi connectivity index (χ3n) is 7.13. The molecule has 4 rings (SSSR count). The first-order valence-corrected chi connectivity index (χ1v) is 14.1. The van der Waals surface area contributed by atoms with Crippen LogP contribution in [-0.4, -0.2) is 91.0 Å². The van der Waals surface area contributed by atoms with Gasteiger partial charge in [-0.15, -0.1) is 0 Å². The van der Waals surface area contributed by atoms with Gasteiger partial charge in [-0.3, -0.25) is 15.4 Å². The fourth-order valence-electron chi connectivity index (χ4n) is 4.64. The van der Waals surface area contributed by atoms with Gasteiger partial charge in [0, 0.05) is 57.2 Å². The van der Waals surface area contributed by atoms with E-state index in [4.69, 9.17) is 4.74 Å². The number of ether oxygens (including phenoxy) is 1. The van der Waals surface area contributed by atoms with Crippen molar-refractivity contribution in [3.05, 3.63) is 78.2 Å². The van der Waals surface area contributed by atoms with E-state index >= 15 is 0 Å². The van der Waals surface area contributed by atoms with Crippen LogP contribution >= 0.6 is 0 Å². The maximum atomic E-state index is 13.0. The molecule has 0 radical (unpaired) electrons. The highest BCUT2D eigenvalue weighted by atomic mass is 19.1. The smallest absolute Gasteiger partial charge is 0.325 e. The average molecular weight is 592 g/mol. The minimum atomic E-state index is -0.685. The topological polar surface area (TPSA) is 119 Å². The molecule has 0 spiro atoms. The van der Waals surface area contributed by atoms with Crippen LogP contribution < -0.4 is 20.7 Å². The summed E-state index contributed by atoms with van der Waals surface area (Å²) in [6, 6.07) is 14.6. The van der Waals surface area contributed by atoms with Gasteiger partial charge in [-0.1, -0.05) is 12.1 Å². The zero-order chi connectivity index (χ0) is 30.8. The number of halogens is 1. The van der Waals surface area contributed by atoms with E-state index in [1.54, 1.807) is 47.5 Å². The van der Waals surface area contributed by atoms with Crippen LogP contribution in [0.3, 0.4) is 0 Å². The first-order valence-electron chi connectivity index (χ1n) is 14.1.